The molecule has 0 heterocycles. The third-order valence-electron chi connectivity index (χ3n) is 13.4. The van der Waals surface area contributed by atoms with Crippen molar-refractivity contribution in [2.75, 3.05) is 0 Å². The van der Waals surface area contributed by atoms with Crippen molar-refractivity contribution in [3.63, 3.8) is 0 Å². The quantitative estimate of drug-likeness (QED) is 0.234. The molecule has 4 aliphatic carbocycles. The van der Waals surface area contributed by atoms with E-state index in [2.05, 4.69) is 118 Å². The van der Waals surface area contributed by atoms with Gasteiger partial charge in [-0.2, -0.15) is 0 Å². The monoisotopic (exact) mass is 631 g/mol. The van der Waals surface area contributed by atoms with Crippen LogP contribution >= 0.6 is 11.6 Å². The average molecular weight is 632 g/mol. The molecule has 0 aromatic carbocycles. The van der Waals surface area contributed by atoms with Crippen LogP contribution in [-0.4, -0.2) is 5.38 Å². The molecule has 2 unspecified atom stereocenters. The molecule has 0 radical (unpaired) electrons. The molecule has 0 saturated heterocycles. The van der Waals surface area contributed by atoms with Crippen molar-refractivity contribution in [2.24, 2.45) is 74.9 Å². The van der Waals surface area contributed by atoms with E-state index < -0.39 is 0 Å². The van der Waals surface area contributed by atoms with Gasteiger partial charge in [0.25, 0.3) is 0 Å². The summed E-state index contributed by atoms with van der Waals surface area (Å²) in [4.78, 5) is 0. The van der Waals surface area contributed by atoms with Crippen molar-refractivity contribution in [3.05, 3.63) is 0 Å². The fraction of sp³-hybridized carbons (Fsp3) is 1.00. The molecule has 1 heteroatoms. The lowest BCUT2D eigenvalue weighted by Crippen LogP contribution is -2.39. The van der Waals surface area contributed by atoms with Gasteiger partial charge in [-0.3, -0.25) is 0 Å². The molecule has 0 N–H and O–H groups in total. The second-order valence-corrected chi connectivity index (χ2v) is 17.6. The molecule has 4 fully saturated rings. The number of hydrogen-bond donors (Lipinski definition) is 0. The van der Waals surface area contributed by atoms with Gasteiger partial charge in [0, 0.05) is 5.38 Å². The fourth-order valence-corrected chi connectivity index (χ4v) is 10.0. The van der Waals surface area contributed by atoms with Gasteiger partial charge in [-0.25, -0.2) is 0 Å². The Morgan fingerprint density at radius 2 is 0.651 bits per heavy atom. The summed E-state index contributed by atoms with van der Waals surface area (Å²) in [7, 11) is 0. The molecule has 0 aliphatic heterocycles. The first kappa shape index (κ1) is 50.2. The van der Waals surface area contributed by atoms with Gasteiger partial charge in [-0.15, -0.1) is 11.6 Å². The predicted molar refractivity (Wildman–Crippen MR) is 206 cm³/mol. The van der Waals surface area contributed by atoms with E-state index in [4.69, 9.17) is 11.6 Å². The molecule has 4 rings (SSSR count). The van der Waals surface area contributed by atoms with E-state index in [0.717, 1.165) is 64.1 Å². The van der Waals surface area contributed by atoms with Gasteiger partial charge < -0.3 is 0 Å². The highest BCUT2D eigenvalue weighted by molar-refractivity contribution is 6.23. The number of halogens is 1. The third-order valence-corrected chi connectivity index (χ3v) is 13.9. The summed E-state index contributed by atoms with van der Waals surface area (Å²) >= 11 is 6.10. The average Bonchev–Trinajstić information content (AvgIpc) is 3.63. The van der Waals surface area contributed by atoms with Crippen LogP contribution in [0.4, 0.5) is 0 Å². The summed E-state index contributed by atoms with van der Waals surface area (Å²) in [6.45, 7) is 39.9. The summed E-state index contributed by atoms with van der Waals surface area (Å²) < 4.78 is 0. The van der Waals surface area contributed by atoms with Crippen LogP contribution in [0.2, 0.25) is 0 Å². The minimum absolute atomic E-state index is 0. The van der Waals surface area contributed by atoms with E-state index >= 15 is 0 Å². The largest absolute Gasteiger partial charge is 0.122 e. The highest BCUT2D eigenvalue weighted by Gasteiger charge is 2.57. The van der Waals surface area contributed by atoms with E-state index in [1.165, 1.54) is 44.9 Å². The maximum absolute atomic E-state index is 6.10. The van der Waals surface area contributed by atoms with E-state index in [1.807, 2.05) is 0 Å². The summed E-state index contributed by atoms with van der Waals surface area (Å²) in [5, 5.41) is 0.451. The SMILES string of the molecule is C.C.C.C.CC(C)C1(C(C)C)CC1.CC(C)C1(C(C)C)CC1C.CC(C)C1(C(C)C)CC1Cl.CC(C)C1(C(C)C)CCC1. The van der Waals surface area contributed by atoms with Gasteiger partial charge in [-0.05, 0) is 113 Å². The second-order valence-electron chi connectivity index (χ2n) is 17.1. The first-order chi connectivity index (χ1) is 17.7. The van der Waals surface area contributed by atoms with E-state index in [1.54, 1.807) is 0 Å². The zero-order chi connectivity index (χ0) is 30.7. The Kier molecular flexibility index (Phi) is 22.4. The number of hydrogen-bond acceptors (Lipinski definition) is 0. The Labute approximate surface area is 283 Å². The molecular weight excluding hydrogens is 540 g/mol. The normalized spacial score (nSPS) is 24.1. The summed E-state index contributed by atoms with van der Waals surface area (Å²) in [6.07, 6.45) is 10.1. The topological polar surface area (TPSA) is 0 Å². The Bertz CT molecular complexity index is 603. The maximum Gasteiger partial charge on any atom is 0.0403 e. The first-order valence-electron chi connectivity index (χ1n) is 17.4. The lowest BCUT2D eigenvalue weighted by molar-refractivity contribution is 0.0135. The molecule has 43 heavy (non-hydrogen) atoms. The van der Waals surface area contributed by atoms with Gasteiger partial charge in [-0.1, -0.05) is 154 Å². The zero-order valence-corrected chi connectivity index (χ0v) is 30.9. The van der Waals surface area contributed by atoms with Crippen LogP contribution in [0.1, 0.15) is 192 Å². The van der Waals surface area contributed by atoms with Crippen LogP contribution in [0.25, 0.3) is 0 Å². The Morgan fingerprint density at radius 1 is 0.419 bits per heavy atom. The second kappa shape index (κ2) is 19.2. The zero-order valence-electron chi connectivity index (χ0n) is 30.1. The molecule has 2 atom stereocenters. The Hall–Kier alpha value is 0.290. The van der Waals surface area contributed by atoms with Crippen LogP contribution < -0.4 is 0 Å². The molecule has 0 aromatic heterocycles. The van der Waals surface area contributed by atoms with Crippen LogP contribution in [0.15, 0.2) is 0 Å². The third kappa shape index (κ3) is 10.9. The van der Waals surface area contributed by atoms with Crippen LogP contribution in [0, 0.1) is 74.9 Å². The molecule has 0 aromatic rings. The molecule has 4 aliphatic rings. The van der Waals surface area contributed by atoms with Crippen LogP contribution in [0.5, 0.6) is 0 Å². The van der Waals surface area contributed by atoms with Gasteiger partial charge in [0.2, 0.25) is 0 Å². The predicted octanol–water partition coefficient (Wildman–Crippen LogP) is 15.7. The van der Waals surface area contributed by atoms with Crippen molar-refractivity contribution in [3.8, 4) is 0 Å². The lowest BCUT2D eigenvalue weighted by Gasteiger charge is -2.49. The van der Waals surface area contributed by atoms with Crippen molar-refractivity contribution < 1.29 is 0 Å². The van der Waals surface area contributed by atoms with E-state index in [9.17, 15) is 0 Å². The summed E-state index contributed by atoms with van der Waals surface area (Å²) in [6, 6.07) is 0. The van der Waals surface area contributed by atoms with Crippen LogP contribution in [0.3, 0.4) is 0 Å². The molecule has 0 nitrogen and oxygen atoms in total. The highest BCUT2D eigenvalue weighted by Crippen LogP contribution is 2.62. The lowest BCUT2D eigenvalue weighted by atomic mass is 9.56. The molecule has 0 spiro atoms. The standard InChI is InChI=1S/2C10H20.C9H17Cl.C9H18.4CH4/c1-7(2)10(8(3)4)6-9(10)5;1-8(2)10(9(3)4)6-5-7-10;1-6(2)9(7(3)4)5-8(9)10;1-7(2)9(5-6-9)8(3)4;;;;/h7-9H,6H2,1-5H3;8-9H,5-7H2,1-4H3;6-8H,5H2,1-4H3;7-8H,5-6H2,1-4H3;4*1H4. The van der Waals surface area contributed by atoms with Crippen molar-refractivity contribution in [2.45, 2.75) is 198 Å². The van der Waals surface area contributed by atoms with Gasteiger partial charge in [0.1, 0.15) is 0 Å². The summed E-state index contributed by atoms with van der Waals surface area (Å²) in [5.41, 5.74) is 2.65. The van der Waals surface area contributed by atoms with E-state index in [-0.39, 0.29) is 29.7 Å². The molecule has 0 amide bonds. The minimum Gasteiger partial charge on any atom is -0.122 e. The summed E-state index contributed by atoms with van der Waals surface area (Å²) in [5.74, 6) is 7.81. The Balaban J connectivity index is -0.000000229. The first-order valence-corrected chi connectivity index (χ1v) is 17.8. The van der Waals surface area contributed by atoms with Gasteiger partial charge >= 0.3 is 0 Å². The minimum atomic E-state index is 0. The van der Waals surface area contributed by atoms with Gasteiger partial charge in [0.15, 0.2) is 0 Å². The Morgan fingerprint density at radius 3 is 0.651 bits per heavy atom. The molecule has 266 valence electrons. The van der Waals surface area contributed by atoms with Crippen molar-refractivity contribution in [1.29, 1.82) is 0 Å². The molecule has 0 bridgehead atoms. The van der Waals surface area contributed by atoms with E-state index in [0.29, 0.717) is 16.2 Å². The molecule has 4 saturated carbocycles. The fourth-order valence-electron chi connectivity index (χ4n) is 9.23. The van der Waals surface area contributed by atoms with Crippen molar-refractivity contribution >= 4 is 11.6 Å². The smallest absolute Gasteiger partial charge is 0.0403 e. The molecular formula is C42H91Cl. The number of alkyl halides is 1. The highest BCUT2D eigenvalue weighted by atomic mass is 35.5. The van der Waals surface area contributed by atoms with Crippen molar-refractivity contribution in [1.82, 2.24) is 0 Å². The van der Waals surface area contributed by atoms with Gasteiger partial charge in [0.05, 0.1) is 0 Å². The maximum atomic E-state index is 6.10. The number of rotatable bonds is 8. The van der Waals surface area contributed by atoms with Crippen LogP contribution in [-0.2, 0) is 0 Å².